The van der Waals surface area contributed by atoms with Gasteiger partial charge < -0.3 is 15.1 Å². The number of nitrogens with zero attached hydrogens (tertiary/aromatic N) is 1. The van der Waals surface area contributed by atoms with E-state index in [-0.39, 0.29) is 48.8 Å². The molecule has 0 unspecified atom stereocenters. The van der Waals surface area contributed by atoms with Crippen molar-refractivity contribution >= 4 is 53.1 Å². The van der Waals surface area contributed by atoms with Crippen molar-refractivity contribution in [3.05, 3.63) is 35.2 Å². The number of hydrogen-bond acceptors (Lipinski definition) is 6. The molecule has 2 heterocycles. The second kappa shape index (κ2) is 12.7. The minimum atomic E-state index is -0.359. The lowest BCUT2D eigenvalue weighted by atomic mass is 10.3. The molecule has 10 heteroatoms. The second-order valence-corrected chi connectivity index (χ2v) is 5.71. The van der Waals surface area contributed by atoms with Gasteiger partial charge >= 0.3 is 0 Å². The van der Waals surface area contributed by atoms with E-state index in [0.717, 1.165) is 19.5 Å². The molecule has 0 fully saturated rings. The van der Waals surface area contributed by atoms with Crippen molar-refractivity contribution in [1.29, 1.82) is 0 Å². The largest absolute Gasteiger partial charge is 0.459 e. The van der Waals surface area contributed by atoms with Crippen LogP contribution in [0.15, 0.2) is 28.2 Å². The highest BCUT2D eigenvalue weighted by Crippen LogP contribution is 2.17. The number of carbonyl (C=O) groups is 2. The summed E-state index contributed by atoms with van der Waals surface area (Å²) >= 11 is 1.28. The van der Waals surface area contributed by atoms with Gasteiger partial charge in [0.15, 0.2) is 10.9 Å². The van der Waals surface area contributed by atoms with Crippen LogP contribution in [0.2, 0.25) is 0 Å². The molecule has 2 rings (SSSR count). The summed E-state index contributed by atoms with van der Waals surface area (Å²) < 4.78 is 5.01. The summed E-state index contributed by atoms with van der Waals surface area (Å²) in [5.41, 5.74) is 0.628. The van der Waals surface area contributed by atoms with E-state index >= 15 is 0 Å². The maximum absolute atomic E-state index is 11.8. The van der Waals surface area contributed by atoms with E-state index in [2.05, 4.69) is 27.9 Å². The van der Waals surface area contributed by atoms with Crippen LogP contribution in [0.4, 0.5) is 5.13 Å². The molecule has 25 heavy (non-hydrogen) atoms. The van der Waals surface area contributed by atoms with E-state index in [1.165, 1.54) is 17.6 Å². The number of aromatic nitrogens is 1. The van der Waals surface area contributed by atoms with Crippen molar-refractivity contribution in [3.8, 4) is 0 Å². The topological polar surface area (TPSA) is 96.3 Å². The van der Waals surface area contributed by atoms with Crippen LogP contribution in [0.5, 0.6) is 0 Å². The van der Waals surface area contributed by atoms with Gasteiger partial charge in [-0.15, -0.1) is 36.2 Å². The average molecular weight is 409 g/mol. The summed E-state index contributed by atoms with van der Waals surface area (Å²) in [5, 5.41) is 10.9. The number of hydrogen-bond donors (Lipinski definition) is 3. The van der Waals surface area contributed by atoms with E-state index in [0.29, 0.717) is 17.4 Å². The van der Waals surface area contributed by atoms with E-state index in [1.807, 2.05) is 0 Å². The summed E-state index contributed by atoms with van der Waals surface area (Å²) in [5.74, 6) is -0.223. The lowest BCUT2D eigenvalue weighted by Crippen LogP contribution is -2.33. The van der Waals surface area contributed by atoms with Gasteiger partial charge in [0.2, 0.25) is 5.91 Å². The molecule has 0 saturated carbocycles. The Hall–Kier alpha value is -1.61. The minimum Gasteiger partial charge on any atom is -0.459 e. The zero-order chi connectivity index (χ0) is 16.5. The number of carbonyl (C=O) groups excluding carboxylic acids is 2. The Morgan fingerprint density at radius 3 is 2.72 bits per heavy atom. The van der Waals surface area contributed by atoms with Gasteiger partial charge in [0, 0.05) is 18.5 Å². The fourth-order valence-corrected chi connectivity index (χ4v) is 2.54. The molecule has 0 aliphatic carbocycles. The van der Waals surface area contributed by atoms with E-state index in [1.54, 1.807) is 17.5 Å². The monoisotopic (exact) mass is 408 g/mol. The molecule has 0 aliphatic rings. The molecule has 2 amide bonds. The fraction of sp³-hybridized carbons (Fsp3) is 0.400. The summed E-state index contributed by atoms with van der Waals surface area (Å²) in [7, 11) is 0. The normalized spacial score (nSPS) is 9.64. The summed E-state index contributed by atoms with van der Waals surface area (Å²) in [4.78, 5) is 27.8. The maximum atomic E-state index is 11.8. The predicted octanol–water partition coefficient (Wildman–Crippen LogP) is 2.49. The molecule has 0 atom stereocenters. The maximum Gasteiger partial charge on any atom is 0.293 e. The van der Waals surface area contributed by atoms with Gasteiger partial charge in [0.05, 0.1) is 18.4 Å². The molecule has 2 aromatic heterocycles. The van der Waals surface area contributed by atoms with Crippen LogP contribution < -0.4 is 16.0 Å². The predicted molar refractivity (Wildman–Crippen MR) is 103 cm³/mol. The molecule has 7 nitrogen and oxygen atoms in total. The van der Waals surface area contributed by atoms with Gasteiger partial charge in [-0.2, -0.15) is 0 Å². The molecular formula is C15H22Cl2N4O3S. The van der Waals surface area contributed by atoms with E-state index in [9.17, 15) is 9.59 Å². The zero-order valence-electron chi connectivity index (χ0n) is 13.7. The third-order valence-corrected chi connectivity index (χ3v) is 3.72. The average Bonchev–Trinajstić information content (AvgIpc) is 3.19. The van der Waals surface area contributed by atoms with Crippen LogP contribution in [0, 0.1) is 0 Å². The van der Waals surface area contributed by atoms with Gasteiger partial charge in [-0.3, -0.25) is 14.9 Å². The molecule has 140 valence electrons. The van der Waals surface area contributed by atoms with E-state index < -0.39 is 0 Å². The number of furan rings is 1. The van der Waals surface area contributed by atoms with Crippen molar-refractivity contribution in [2.45, 2.75) is 19.8 Å². The smallest absolute Gasteiger partial charge is 0.293 e. The Bertz CT molecular complexity index is 635. The number of anilines is 1. The molecule has 3 N–H and O–H groups in total. The number of halogens is 2. The molecule has 0 saturated heterocycles. The van der Waals surface area contributed by atoms with Crippen molar-refractivity contribution in [1.82, 2.24) is 15.6 Å². The van der Waals surface area contributed by atoms with Crippen LogP contribution in [0.3, 0.4) is 0 Å². The van der Waals surface area contributed by atoms with Gasteiger partial charge in [-0.05, 0) is 25.1 Å². The third-order valence-electron chi connectivity index (χ3n) is 2.91. The Labute approximate surface area is 162 Å². The number of thiazole rings is 1. The lowest BCUT2D eigenvalue weighted by Gasteiger charge is -2.04. The van der Waals surface area contributed by atoms with Gasteiger partial charge in [0.1, 0.15) is 0 Å². The Balaban J connectivity index is 0.00000288. The van der Waals surface area contributed by atoms with Gasteiger partial charge in [-0.1, -0.05) is 6.92 Å². The first-order valence-corrected chi connectivity index (χ1v) is 8.33. The first-order chi connectivity index (χ1) is 11.2. The summed E-state index contributed by atoms with van der Waals surface area (Å²) in [6, 6.07) is 3.21. The highest BCUT2D eigenvalue weighted by Gasteiger charge is 2.12. The SMILES string of the molecule is CCCNCCNC(=O)Cc1csc(NC(=O)c2ccco2)n1.Cl.Cl. The van der Waals surface area contributed by atoms with Gasteiger partial charge in [-0.25, -0.2) is 4.98 Å². The highest BCUT2D eigenvalue weighted by molar-refractivity contribution is 7.14. The van der Waals surface area contributed by atoms with Crippen LogP contribution in [-0.4, -0.2) is 36.4 Å². The Morgan fingerprint density at radius 1 is 1.24 bits per heavy atom. The molecule has 2 aromatic rings. The quantitative estimate of drug-likeness (QED) is 0.553. The van der Waals surface area contributed by atoms with Crippen LogP contribution >= 0.6 is 36.2 Å². The van der Waals surface area contributed by atoms with Crippen LogP contribution in [0.25, 0.3) is 0 Å². The first kappa shape index (κ1) is 23.4. The van der Waals surface area contributed by atoms with Crippen molar-refractivity contribution < 1.29 is 14.0 Å². The number of nitrogens with one attached hydrogen (secondary N) is 3. The van der Waals surface area contributed by atoms with Gasteiger partial charge in [0.25, 0.3) is 5.91 Å². The highest BCUT2D eigenvalue weighted by atomic mass is 35.5. The Morgan fingerprint density at radius 2 is 2.04 bits per heavy atom. The molecule has 0 aliphatic heterocycles. The summed E-state index contributed by atoms with van der Waals surface area (Å²) in [6.45, 7) is 4.38. The van der Waals surface area contributed by atoms with E-state index in [4.69, 9.17) is 4.42 Å². The minimum absolute atomic E-state index is 0. The fourth-order valence-electron chi connectivity index (χ4n) is 1.83. The standard InChI is InChI=1S/C15H20N4O3S.2ClH/c1-2-5-16-6-7-17-13(20)9-11-10-23-15(18-11)19-14(21)12-4-3-8-22-12;;/h3-4,8,10,16H,2,5-7,9H2,1H3,(H,17,20)(H,18,19,21);2*1H. The third kappa shape index (κ3) is 8.35. The molecule has 0 bridgehead atoms. The van der Waals surface area contributed by atoms with Crippen molar-refractivity contribution in [2.24, 2.45) is 0 Å². The summed E-state index contributed by atoms with van der Waals surface area (Å²) in [6.07, 6.45) is 2.70. The lowest BCUT2D eigenvalue weighted by molar-refractivity contribution is -0.120. The van der Waals surface area contributed by atoms with Crippen LogP contribution in [0.1, 0.15) is 29.6 Å². The van der Waals surface area contributed by atoms with Crippen molar-refractivity contribution in [3.63, 3.8) is 0 Å². The number of rotatable bonds is 9. The molecule has 0 radical (unpaired) electrons. The zero-order valence-corrected chi connectivity index (χ0v) is 16.2. The first-order valence-electron chi connectivity index (χ1n) is 7.45. The number of amides is 2. The molecule has 0 spiro atoms. The van der Waals surface area contributed by atoms with Crippen molar-refractivity contribution in [2.75, 3.05) is 25.0 Å². The molecular weight excluding hydrogens is 387 g/mol. The Kier molecular flexibility index (Phi) is 11.9. The second-order valence-electron chi connectivity index (χ2n) is 4.85. The molecule has 0 aromatic carbocycles. The van der Waals surface area contributed by atoms with Crippen LogP contribution in [-0.2, 0) is 11.2 Å².